The molecule has 0 spiro atoms. The van der Waals surface area contributed by atoms with Gasteiger partial charge in [0.15, 0.2) is 0 Å². The van der Waals surface area contributed by atoms with Gasteiger partial charge < -0.3 is 15.3 Å². The maximum absolute atomic E-state index is 9.62. The molecule has 0 aromatic rings. The molecule has 0 bridgehead atoms. The highest BCUT2D eigenvalue weighted by atomic mass is 16.3. The van der Waals surface area contributed by atoms with Crippen LogP contribution in [0, 0.1) is 5.92 Å². The highest BCUT2D eigenvalue weighted by Crippen LogP contribution is 2.24. The predicted molar refractivity (Wildman–Crippen MR) is 57.4 cm³/mol. The second kappa shape index (κ2) is 5.68. The molecule has 0 saturated heterocycles. The maximum Gasteiger partial charge on any atom is 0.290 e. The summed E-state index contributed by atoms with van der Waals surface area (Å²) in [5.41, 5.74) is -0.0643. The molecule has 0 aromatic carbocycles. The van der Waals surface area contributed by atoms with E-state index >= 15 is 0 Å². The van der Waals surface area contributed by atoms with Crippen LogP contribution in [0.5, 0.6) is 0 Å². The second-order valence-electron chi connectivity index (χ2n) is 4.00. The van der Waals surface area contributed by atoms with E-state index in [-0.39, 0.29) is 12.4 Å². The Hall–Kier alpha value is -1.13. The summed E-state index contributed by atoms with van der Waals surface area (Å²) >= 11 is 0. The Labute approximate surface area is 89.6 Å². The summed E-state index contributed by atoms with van der Waals surface area (Å²) in [6, 6.07) is 0. The lowest BCUT2D eigenvalue weighted by atomic mass is 9.88. The number of hydrogen-bond donors (Lipinski definition) is 3. The van der Waals surface area contributed by atoms with Gasteiger partial charge in [0.25, 0.3) is 6.47 Å². The largest absolute Gasteiger partial charge is 0.483 e. The Balaban J connectivity index is 0.000000583. The first kappa shape index (κ1) is 13.9. The monoisotopic (exact) mass is 214 g/mol. The topological polar surface area (TPSA) is 77.8 Å². The van der Waals surface area contributed by atoms with Crippen molar-refractivity contribution in [3.8, 4) is 0 Å². The third kappa shape index (κ3) is 4.76. The summed E-state index contributed by atoms with van der Waals surface area (Å²) in [7, 11) is 0. The van der Waals surface area contributed by atoms with Crippen molar-refractivity contribution in [2.24, 2.45) is 5.92 Å². The van der Waals surface area contributed by atoms with Gasteiger partial charge in [0, 0.05) is 5.92 Å². The standard InChI is InChI=1S/C10H16O2.CH2O2/c1-7-4-5-8(6-9(7)11)10(2,3)12;2-1-3/h4-7,9,11-12H,1-3H3;1H,(H,2,3). The van der Waals surface area contributed by atoms with Crippen molar-refractivity contribution < 1.29 is 20.1 Å². The normalized spacial score (nSPS) is 25.0. The third-order valence-corrected chi connectivity index (χ3v) is 2.17. The molecule has 3 N–H and O–H groups in total. The van der Waals surface area contributed by atoms with Gasteiger partial charge in [0.2, 0.25) is 0 Å². The molecule has 2 atom stereocenters. The van der Waals surface area contributed by atoms with E-state index in [2.05, 4.69) is 0 Å². The molecule has 15 heavy (non-hydrogen) atoms. The predicted octanol–water partition coefficient (Wildman–Crippen LogP) is 0.951. The molecular formula is C11H18O4. The Morgan fingerprint density at radius 1 is 1.47 bits per heavy atom. The maximum atomic E-state index is 9.62. The van der Waals surface area contributed by atoms with Gasteiger partial charge in [0.1, 0.15) is 0 Å². The minimum absolute atomic E-state index is 0.149. The number of carbonyl (C=O) groups is 1. The van der Waals surface area contributed by atoms with Crippen molar-refractivity contribution in [1.82, 2.24) is 0 Å². The molecule has 4 nitrogen and oxygen atoms in total. The molecule has 0 aliphatic heterocycles. The summed E-state index contributed by atoms with van der Waals surface area (Å²) in [6.45, 7) is 5.12. The summed E-state index contributed by atoms with van der Waals surface area (Å²) in [4.78, 5) is 8.36. The Kier molecular flexibility index (Phi) is 5.25. The lowest BCUT2D eigenvalue weighted by Gasteiger charge is -2.25. The van der Waals surface area contributed by atoms with E-state index in [1.165, 1.54) is 0 Å². The molecule has 1 aliphatic rings. The van der Waals surface area contributed by atoms with Gasteiger partial charge in [0.05, 0.1) is 11.7 Å². The Morgan fingerprint density at radius 3 is 2.27 bits per heavy atom. The van der Waals surface area contributed by atoms with E-state index in [9.17, 15) is 10.2 Å². The van der Waals surface area contributed by atoms with Crippen LogP contribution in [0.2, 0.25) is 0 Å². The number of aliphatic hydroxyl groups is 2. The van der Waals surface area contributed by atoms with Crippen LogP contribution in [0.4, 0.5) is 0 Å². The van der Waals surface area contributed by atoms with Crippen LogP contribution in [-0.4, -0.2) is 33.5 Å². The molecular weight excluding hydrogens is 196 g/mol. The average Bonchev–Trinajstić information content (AvgIpc) is 2.09. The zero-order chi connectivity index (χ0) is 12.1. The first-order valence-corrected chi connectivity index (χ1v) is 4.71. The van der Waals surface area contributed by atoms with E-state index in [1.54, 1.807) is 19.9 Å². The van der Waals surface area contributed by atoms with E-state index in [4.69, 9.17) is 9.90 Å². The number of hydrogen-bond acceptors (Lipinski definition) is 3. The molecule has 0 saturated carbocycles. The fourth-order valence-electron chi connectivity index (χ4n) is 1.17. The zero-order valence-electron chi connectivity index (χ0n) is 9.21. The van der Waals surface area contributed by atoms with Crippen LogP contribution in [0.15, 0.2) is 23.8 Å². The average molecular weight is 214 g/mol. The van der Waals surface area contributed by atoms with E-state index in [1.807, 2.05) is 19.1 Å². The number of aliphatic hydroxyl groups excluding tert-OH is 1. The first-order chi connectivity index (χ1) is 6.82. The lowest BCUT2D eigenvalue weighted by molar-refractivity contribution is -0.122. The second-order valence-corrected chi connectivity index (χ2v) is 4.00. The van der Waals surface area contributed by atoms with Gasteiger partial charge >= 0.3 is 0 Å². The third-order valence-electron chi connectivity index (χ3n) is 2.17. The van der Waals surface area contributed by atoms with Crippen molar-refractivity contribution >= 4 is 6.47 Å². The van der Waals surface area contributed by atoms with Crippen LogP contribution in [0.25, 0.3) is 0 Å². The molecule has 4 heteroatoms. The van der Waals surface area contributed by atoms with E-state index in [0.717, 1.165) is 5.57 Å². The fraction of sp³-hybridized carbons (Fsp3) is 0.545. The molecule has 0 radical (unpaired) electrons. The molecule has 1 aliphatic carbocycles. The minimum atomic E-state index is -0.850. The van der Waals surface area contributed by atoms with Gasteiger partial charge in [-0.15, -0.1) is 0 Å². The van der Waals surface area contributed by atoms with Crippen LogP contribution in [0.3, 0.4) is 0 Å². The van der Waals surface area contributed by atoms with Crippen molar-refractivity contribution in [2.75, 3.05) is 0 Å². The Morgan fingerprint density at radius 2 is 1.93 bits per heavy atom. The highest BCUT2D eigenvalue weighted by molar-refractivity contribution is 5.33. The quantitative estimate of drug-likeness (QED) is 0.568. The molecule has 0 heterocycles. The van der Waals surface area contributed by atoms with Gasteiger partial charge in [-0.2, -0.15) is 0 Å². The van der Waals surface area contributed by atoms with Gasteiger partial charge in [-0.3, -0.25) is 4.79 Å². The van der Waals surface area contributed by atoms with Crippen LogP contribution < -0.4 is 0 Å². The molecule has 0 fully saturated rings. The molecule has 1 rings (SSSR count). The lowest BCUT2D eigenvalue weighted by Crippen LogP contribution is -2.26. The summed E-state index contributed by atoms with van der Waals surface area (Å²) in [5.74, 6) is 0.149. The SMILES string of the molecule is CC1C=CC(C(C)(C)O)=CC1O.O=CO. The smallest absolute Gasteiger partial charge is 0.290 e. The zero-order valence-corrected chi connectivity index (χ0v) is 9.21. The summed E-state index contributed by atoms with van der Waals surface area (Å²) in [6.07, 6.45) is 5.04. The molecule has 0 amide bonds. The van der Waals surface area contributed by atoms with E-state index < -0.39 is 11.7 Å². The Bertz CT molecular complexity index is 260. The number of carboxylic acid groups (broad SMARTS) is 1. The summed E-state index contributed by atoms with van der Waals surface area (Å²) in [5, 5.41) is 26.0. The van der Waals surface area contributed by atoms with Crippen molar-refractivity contribution in [3.05, 3.63) is 23.8 Å². The van der Waals surface area contributed by atoms with Crippen LogP contribution in [0.1, 0.15) is 20.8 Å². The molecule has 2 unspecified atom stereocenters. The van der Waals surface area contributed by atoms with Gasteiger partial charge in [-0.05, 0) is 25.5 Å². The summed E-state index contributed by atoms with van der Waals surface area (Å²) < 4.78 is 0. The fourth-order valence-corrected chi connectivity index (χ4v) is 1.17. The minimum Gasteiger partial charge on any atom is -0.483 e. The van der Waals surface area contributed by atoms with E-state index in [0.29, 0.717) is 0 Å². The molecule has 0 aromatic heterocycles. The molecule has 86 valence electrons. The first-order valence-electron chi connectivity index (χ1n) is 4.71. The van der Waals surface area contributed by atoms with Crippen molar-refractivity contribution in [1.29, 1.82) is 0 Å². The van der Waals surface area contributed by atoms with Gasteiger partial charge in [-0.25, -0.2) is 0 Å². The van der Waals surface area contributed by atoms with Crippen LogP contribution >= 0.6 is 0 Å². The number of rotatable bonds is 1. The van der Waals surface area contributed by atoms with Crippen molar-refractivity contribution in [3.63, 3.8) is 0 Å². The van der Waals surface area contributed by atoms with Crippen molar-refractivity contribution in [2.45, 2.75) is 32.5 Å². The van der Waals surface area contributed by atoms with Crippen LogP contribution in [-0.2, 0) is 4.79 Å². The van der Waals surface area contributed by atoms with Gasteiger partial charge in [-0.1, -0.05) is 19.1 Å². The highest BCUT2D eigenvalue weighted by Gasteiger charge is 2.22.